The smallest absolute Gasteiger partial charge is 0.274 e. The van der Waals surface area contributed by atoms with Crippen molar-refractivity contribution in [3.05, 3.63) is 36.2 Å². The summed E-state index contributed by atoms with van der Waals surface area (Å²) in [5.74, 6) is 0.849. The van der Waals surface area contributed by atoms with Gasteiger partial charge in [-0.15, -0.1) is 0 Å². The number of ether oxygens (including phenoxy) is 1. The summed E-state index contributed by atoms with van der Waals surface area (Å²) in [6.45, 7) is 9.32. The van der Waals surface area contributed by atoms with E-state index in [0.717, 1.165) is 53.3 Å². The van der Waals surface area contributed by atoms with E-state index < -0.39 is 15.6 Å². The molecule has 5 rings (SSSR count). The van der Waals surface area contributed by atoms with Crippen molar-refractivity contribution in [2.45, 2.75) is 58.2 Å². The van der Waals surface area contributed by atoms with Gasteiger partial charge in [0.2, 0.25) is 16.0 Å². The van der Waals surface area contributed by atoms with E-state index in [-0.39, 0.29) is 11.9 Å². The Kier molecular flexibility index (Phi) is 8.27. The van der Waals surface area contributed by atoms with Crippen LogP contribution in [0, 0.1) is 6.92 Å². The maximum atomic E-state index is 12.8. The highest BCUT2D eigenvalue weighted by Crippen LogP contribution is 2.33. The fraction of sp³-hybridized carbons (Fsp3) is 0.593. The van der Waals surface area contributed by atoms with Crippen molar-refractivity contribution in [3.63, 3.8) is 0 Å². The van der Waals surface area contributed by atoms with Crippen molar-refractivity contribution < 1.29 is 18.3 Å². The van der Waals surface area contributed by atoms with E-state index in [0.29, 0.717) is 44.2 Å². The molecule has 10 nitrogen and oxygen atoms in total. The van der Waals surface area contributed by atoms with E-state index in [1.54, 1.807) is 29.5 Å². The third-order valence-corrected chi connectivity index (χ3v) is 10.2. The van der Waals surface area contributed by atoms with Crippen LogP contribution in [-0.2, 0) is 10.0 Å². The molecule has 212 valence electrons. The lowest BCUT2D eigenvalue weighted by atomic mass is 10.0. The number of aromatic nitrogens is 3. The Labute approximate surface area is 234 Å². The first kappa shape index (κ1) is 28.0. The Morgan fingerprint density at radius 3 is 2.41 bits per heavy atom. The molecule has 0 atom stereocenters. The molecule has 1 aromatic carbocycles. The Morgan fingerprint density at radius 2 is 1.74 bits per heavy atom. The number of hydrogen-bond acceptors (Lipinski definition) is 10. The molecular weight excluding hydrogens is 536 g/mol. The fourth-order valence-electron chi connectivity index (χ4n) is 5.05. The molecule has 39 heavy (non-hydrogen) atoms. The van der Waals surface area contributed by atoms with E-state index in [1.807, 2.05) is 25.4 Å². The minimum Gasteiger partial charge on any atom is -0.467 e. The van der Waals surface area contributed by atoms with Crippen LogP contribution in [0.4, 0.5) is 11.6 Å². The van der Waals surface area contributed by atoms with E-state index in [2.05, 4.69) is 31.9 Å². The zero-order valence-corrected chi connectivity index (χ0v) is 24.5. The number of thiazole rings is 1. The number of benzene rings is 1. The maximum Gasteiger partial charge on any atom is 0.274 e. The largest absolute Gasteiger partial charge is 0.467 e. The van der Waals surface area contributed by atoms with Gasteiger partial charge in [-0.05, 0) is 57.4 Å². The number of nitrogens with zero attached hydrogens (tertiary/aromatic N) is 6. The van der Waals surface area contributed by atoms with Gasteiger partial charge in [0, 0.05) is 70.2 Å². The van der Waals surface area contributed by atoms with Crippen LogP contribution < -0.4 is 14.5 Å². The summed E-state index contributed by atoms with van der Waals surface area (Å²) < 4.78 is 34.4. The minimum absolute atomic E-state index is 0.0747. The second-order valence-corrected chi connectivity index (χ2v) is 14.2. The number of piperazine rings is 1. The lowest BCUT2D eigenvalue weighted by Crippen LogP contribution is -2.49. The number of aryl methyl sites for hydroxylation is 1. The average molecular weight is 575 g/mol. The van der Waals surface area contributed by atoms with Crippen molar-refractivity contribution in [1.29, 1.82) is 0 Å². The average Bonchev–Trinajstić information content (AvgIpc) is 3.30. The second-order valence-electron chi connectivity index (χ2n) is 11.1. The fourth-order valence-corrected chi connectivity index (χ4v) is 7.45. The molecule has 0 spiro atoms. The summed E-state index contributed by atoms with van der Waals surface area (Å²) in [6.07, 6.45) is 6.53. The normalized spacial score (nSPS) is 18.2. The van der Waals surface area contributed by atoms with Crippen LogP contribution in [0.2, 0.25) is 0 Å². The Bertz CT molecular complexity index is 1360. The van der Waals surface area contributed by atoms with Gasteiger partial charge in [-0.2, -0.15) is 4.31 Å². The quantitative estimate of drug-likeness (QED) is 0.411. The molecule has 12 heteroatoms. The predicted molar refractivity (Wildman–Crippen MR) is 155 cm³/mol. The lowest BCUT2D eigenvalue weighted by Gasteiger charge is -2.35. The number of piperidine rings is 1. The van der Waals surface area contributed by atoms with E-state index >= 15 is 0 Å². The third-order valence-electron chi connectivity index (χ3n) is 7.30. The summed E-state index contributed by atoms with van der Waals surface area (Å²) in [5, 5.41) is 10.6. The maximum absolute atomic E-state index is 12.8. The summed E-state index contributed by atoms with van der Waals surface area (Å²) >= 11 is 1.56. The standard InChI is InChI=1S/C27H38N6O4S2/c1-20-18-28-25(29-19-20)32-10-7-22(8-11-32)37-26-30-23-6-5-21(17-24(23)38-26)31-12-14-33(15-13-31)39(35,36)16-4-9-27(2,3)34/h5-6,17-19,22,34H,4,7-16H2,1-3H3. The van der Waals surface area contributed by atoms with Crippen LogP contribution >= 0.6 is 11.3 Å². The van der Waals surface area contributed by atoms with Gasteiger partial charge in [-0.25, -0.2) is 23.4 Å². The molecule has 0 aliphatic carbocycles. The van der Waals surface area contributed by atoms with E-state index in [4.69, 9.17) is 9.72 Å². The van der Waals surface area contributed by atoms with Crippen molar-refractivity contribution in [3.8, 4) is 5.19 Å². The SMILES string of the molecule is Cc1cnc(N2CCC(Oc3nc4ccc(N5CCN(S(=O)(=O)CCCC(C)(C)O)CC5)cc4s3)CC2)nc1. The Balaban J connectivity index is 1.13. The molecule has 0 unspecified atom stereocenters. The molecular formula is C27H38N6O4S2. The minimum atomic E-state index is -3.32. The number of hydrogen-bond donors (Lipinski definition) is 1. The van der Waals surface area contributed by atoms with E-state index in [1.165, 1.54) is 0 Å². The zero-order valence-electron chi connectivity index (χ0n) is 22.9. The Morgan fingerprint density at radius 1 is 1.05 bits per heavy atom. The van der Waals surface area contributed by atoms with Gasteiger partial charge < -0.3 is 19.6 Å². The molecule has 2 aliphatic rings. The van der Waals surface area contributed by atoms with Gasteiger partial charge in [-0.3, -0.25) is 0 Å². The summed E-state index contributed by atoms with van der Waals surface area (Å²) in [7, 11) is -3.32. The highest BCUT2D eigenvalue weighted by molar-refractivity contribution is 7.89. The first-order valence-electron chi connectivity index (χ1n) is 13.6. The Hall–Kier alpha value is -2.54. The molecule has 3 aromatic rings. The molecule has 2 fully saturated rings. The molecule has 0 saturated carbocycles. The topological polar surface area (TPSA) is 112 Å². The lowest BCUT2D eigenvalue weighted by molar-refractivity contribution is 0.0704. The van der Waals surface area contributed by atoms with Crippen molar-refractivity contribution in [2.75, 3.05) is 54.8 Å². The predicted octanol–water partition coefficient (Wildman–Crippen LogP) is 3.45. The van der Waals surface area contributed by atoms with Gasteiger partial charge >= 0.3 is 0 Å². The van der Waals surface area contributed by atoms with Crippen molar-refractivity contribution >= 4 is 43.2 Å². The van der Waals surface area contributed by atoms with Crippen LogP contribution in [0.5, 0.6) is 5.19 Å². The number of sulfonamides is 1. The molecule has 0 amide bonds. The first-order chi connectivity index (χ1) is 18.6. The summed E-state index contributed by atoms with van der Waals surface area (Å²) in [4.78, 5) is 18.0. The zero-order chi connectivity index (χ0) is 27.6. The molecule has 1 N–H and O–H groups in total. The van der Waals surface area contributed by atoms with Gasteiger partial charge in [0.05, 0.1) is 21.6 Å². The monoisotopic (exact) mass is 574 g/mol. The number of rotatable bonds is 9. The van der Waals surface area contributed by atoms with Crippen molar-refractivity contribution in [1.82, 2.24) is 19.3 Å². The van der Waals surface area contributed by atoms with Crippen LogP contribution in [0.25, 0.3) is 10.2 Å². The van der Waals surface area contributed by atoms with Crippen LogP contribution in [0.1, 0.15) is 45.1 Å². The van der Waals surface area contributed by atoms with Crippen LogP contribution in [0.15, 0.2) is 30.6 Å². The highest BCUT2D eigenvalue weighted by Gasteiger charge is 2.28. The number of aliphatic hydroxyl groups is 1. The molecule has 4 heterocycles. The van der Waals surface area contributed by atoms with Crippen LogP contribution in [0.3, 0.4) is 0 Å². The highest BCUT2D eigenvalue weighted by atomic mass is 32.2. The second kappa shape index (κ2) is 11.5. The van der Waals surface area contributed by atoms with Gasteiger partial charge in [-0.1, -0.05) is 11.3 Å². The van der Waals surface area contributed by atoms with Crippen LogP contribution in [-0.4, -0.2) is 89.5 Å². The summed E-state index contributed by atoms with van der Waals surface area (Å²) in [6, 6.07) is 6.20. The van der Waals surface area contributed by atoms with Gasteiger partial charge in [0.25, 0.3) is 5.19 Å². The molecule has 2 aromatic heterocycles. The molecule has 2 aliphatic heterocycles. The molecule has 0 bridgehead atoms. The number of fused-ring (bicyclic) bond motifs is 1. The molecule has 2 saturated heterocycles. The number of anilines is 2. The summed E-state index contributed by atoms with van der Waals surface area (Å²) in [5.41, 5.74) is 2.20. The van der Waals surface area contributed by atoms with Gasteiger partial charge in [0.15, 0.2) is 0 Å². The van der Waals surface area contributed by atoms with Crippen molar-refractivity contribution in [2.24, 2.45) is 0 Å². The van der Waals surface area contributed by atoms with E-state index in [9.17, 15) is 13.5 Å². The first-order valence-corrected chi connectivity index (χ1v) is 16.0. The third kappa shape index (κ3) is 7.16. The molecule has 0 radical (unpaired) electrons. The van der Waals surface area contributed by atoms with Gasteiger partial charge in [0.1, 0.15) is 6.10 Å².